The first-order chi connectivity index (χ1) is 7.22. The van der Waals surface area contributed by atoms with Crippen molar-refractivity contribution in [1.29, 1.82) is 0 Å². The van der Waals surface area contributed by atoms with Crippen LogP contribution >= 0.6 is 0 Å². The molecule has 0 saturated carbocycles. The predicted octanol–water partition coefficient (Wildman–Crippen LogP) is 0.368. The quantitative estimate of drug-likeness (QED) is 0.733. The molecule has 0 saturated heterocycles. The normalized spacial score (nSPS) is 12.3. The Morgan fingerprint density at radius 2 is 2.00 bits per heavy atom. The molecule has 3 heteroatoms. The van der Waals surface area contributed by atoms with Crippen molar-refractivity contribution in [3.63, 3.8) is 0 Å². The van der Waals surface area contributed by atoms with E-state index >= 15 is 0 Å². The third-order valence-corrected chi connectivity index (χ3v) is 2.38. The molecule has 0 aromatic heterocycles. The first-order valence-electron chi connectivity index (χ1n) is 5.07. The summed E-state index contributed by atoms with van der Waals surface area (Å²) in [6.07, 6.45) is 1.19. The van der Waals surface area contributed by atoms with Crippen LogP contribution in [0.5, 0.6) is 0 Å². The van der Waals surface area contributed by atoms with Crippen LogP contribution in [0.25, 0.3) is 0 Å². The molecule has 0 aliphatic rings. The number of aliphatic hydroxyl groups excluding tert-OH is 1. The summed E-state index contributed by atoms with van der Waals surface area (Å²) in [5, 5.41) is 19.4. The maximum Gasteiger partial charge on any atom is 0.0462 e. The molecule has 0 unspecified atom stereocenters. The molecule has 1 aromatic rings. The summed E-state index contributed by atoms with van der Waals surface area (Å²) in [6.45, 7) is 0.0160. The van der Waals surface area contributed by atoms with Gasteiger partial charge >= 0.3 is 0 Å². The van der Waals surface area contributed by atoms with Gasteiger partial charge in [0.2, 0.25) is 0 Å². The second-order valence-corrected chi connectivity index (χ2v) is 3.65. The number of carboxylic acid groups (broad SMARTS) is 1. The number of carbonyl (C=O) groups is 1. The van der Waals surface area contributed by atoms with E-state index in [2.05, 4.69) is 0 Å². The van der Waals surface area contributed by atoms with Crippen LogP contribution in [0, 0.1) is 5.92 Å². The summed E-state index contributed by atoms with van der Waals surface area (Å²) in [5.41, 5.74) is 1.12. The smallest absolute Gasteiger partial charge is 0.0462 e. The molecule has 0 bridgehead atoms. The van der Waals surface area contributed by atoms with E-state index in [4.69, 9.17) is 5.11 Å². The average Bonchev–Trinajstić information content (AvgIpc) is 2.25. The highest BCUT2D eigenvalue weighted by Crippen LogP contribution is 2.13. The molecule has 0 aliphatic heterocycles. The van der Waals surface area contributed by atoms with Gasteiger partial charge in [0.15, 0.2) is 0 Å². The largest absolute Gasteiger partial charge is 0.550 e. The number of carbonyl (C=O) groups excluding carboxylic acids is 1. The van der Waals surface area contributed by atoms with E-state index in [1.807, 2.05) is 30.3 Å². The molecule has 1 atom stereocenters. The van der Waals surface area contributed by atoms with Gasteiger partial charge in [-0.1, -0.05) is 30.3 Å². The fourth-order valence-electron chi connectivity index (χ4n) is 1.53. The van der Waals surface area contributed by atoms with Crippen LogP contribution in [0.15, 0.2) is 30.3 Å². The molecule has 0 fully saturated rings. The van der Waals surface area contributed by atoms with Crippen LogP contribution in [0.3, 0.4) is 0 Å². The summed E-state index contributed by atoms with van der Waals surface area (Å²) in [5.74, 6) is -1.05. The third-order valence-electron chi connectivity index (χ3n) is 2.38. The SMILES string of the molecule is O=C([O-])CC[C@H](CO)Cc1ccccc1. The average molecular weight is 207 g/mol. The van der Waals surface area contributed by atoms with Gasteiger partial charge in [-0.2, -0.15) is 0 Å². The molecule has 1 aromatic carbocycles. The van der Waals surface area contributed by atoms with Crippen LogP contribution in [0.2, 0.25) is 0 Å². The summed E-state index contributed by atoms with van der Waals surface area (Å²) < 4.78 is 0. The van der Waals surface area contributed by atoms with Crippen LogP contribution in [-0.4, -0.2) is 17.7 Å². The molecule has 0 heterocycles. The molecule has 3 nitrogen and oxygen atoms in total. The Labute approximate surface area is 89.4 Å². The van der Waals surface area contributed by atoms with Crippen molar-refractivity contribution in [1.82, 2.24) is 0 Å². The van der Waals surface area contributed by atoms with E-state index in [0.717, 1.165) is 5.56 Å². The van der Waals surface area contributed by atoms with Gasteiger partial charge in [0.25, 0.3) is 0 Å². The zero-order valence-electron chi connectivity index (χ0n) is 8.56. The molecule has 0 amide bonds. The van der Waals surface area contributed by atoms with E-state index < -0.39 is 5.97 Å². The van der Waals surface area contributed by atoms with Gasteiger partial charge in [-0.25, -0.2) is 0 Å². The number of aliphatic hydroxyl groups is 1. The molecule has 1 N–H and O–H groups in total. The van der Waals surface area contributed by atoms with E-state index in [0.29, 0.717) is 12.8 Å². The monoisotopic (exact) mass is 207 g/mol. The van der Waals surface area contributed by atoms with Gasteiger partial charge < -0.3 is 15.0 Å². The Morgan fingerprint density at radius 1 is 1.33 bits per heavy atom. The van der Waals surface area contributed by atoms with E-state index in [-0.39, 0.29) is 18.9 Å². The number of carboxylic acids is 1. The summed E-state index contributed by atoms with van der Waals surface area (Å²) >= 11 is 0. The lowest BCUT2D eigenvalue weighted by Crippen LogP contribution is -2.23. The molecular weight excluding hydrogens is 192 g/mol. The van der Waals surface area contributed by atoms with Crippen molar-refractivity contribution >= 4 is 5.97 Å². The van der Waals surface area contributed by atoms with Gasteiger partial charge in [-0.05, 0) is 30.7 Å². The Balaban J connectivity index is 2.43. The Kier molecular flexibility index (Phi) is 4.84. The number of hydrogen-bond donors (Lipinski definition) is 1. The highest BCUT2D eigenvalue weighted by atomic mass is 16.4. The first kappa shape index (κ1) is 11.7. The Morgan fingerprint density at radius 3 is 2.53 bits per heavy atom. The number of benzene rings is 1. The highest BCUT2D eigenvalue weighted by molar-refractivity contribution is 5.64. The van der Waals surface area contributed by atoms with Crippen LogP contribution in [0.4, 0.5) is 0 Å². The van der Waals surface area contributed by atoms with Crippen molar-refractivity contribution in [2.75, 3.05) is 6.61 Å². The molecular formula is C12H15O3-. The van der Waals surface area contributed by atoms with Gasteiger partial charge in [-0.15, -0.1) is 0 Å². The van der Waals surface area contributed by atoms with E-state index in [9.17, 15) is 9.90 Å². The van der Waals surface area contributed by atoms with Crippen molar-refractivity contribution in [2.45, 2.75) is 19.3 Å². The van der Waals surface area contributed by atoms with E-state index in [1.54, 1.807) is 0 Å². The Hall–Kier alpha value is -1.35. The zero-order chi connectivity index (χ0) is 11.1. The predicted molar refractivity (Wildman–Crippen MR) is 55.0 cm³/mol. The van der Waals surface area contributed by atoms with Crippen LogP contribution in [0.1, 0.15) is 18.4 Å². The minimum Gasteiger partial charge on any atom is -0.550 e. The van der Waals surface area contributed by atoms with Crippen molar-refractivity contribution in [3.05, 3.63) is 35.9 Å². The molecule has 0 radical (unpaired) electrons. The molecule has 1 rings (SSSR count). The summed E-state index contributed by atoms with van der Waals surface area (Å²) in [7, 11) is 0. The number of rotatable bonds is 6. The van der Waals surface area contributed by atoms with Crippen LogP contribution < -0.4 is 5.11 Å². The summed E-state index contributed by atoms with van der Waals surface area (Å²) in [4.78, 5) is 10.3. The lowest BCUT2D eigenvalue weighted by molar-refractivity contribution is -0.306. The fraction of sp³-hybridized carbons (Fsp3) is 0.417. The van der Waals surface area contributed by atoms with Crippen molar-refractivity contribution in [2.24, 2.45) is 5.92 Å². The molecule has 0 aliphatic carbocycles. The maximum atomic E-state index is 10.3. The van der Waals surface area contributed by atoms with Gasteiger partial charge in [-0.3, -0.25) is 0 Å². The first-order valence-corrected chi connectivity index (χ1v) is 5.07. The zero-order valence-corrected chi connectivity index (χ0v) is 8.56. The lowest BCUT2D eigenvalue weighted by Gasteiger charge is -2.14. The topological polar surface area (TPSA) is 60.4 Å². The number of hydrogen-bond acceptors (Lipinski definition) is 3. The fourth-order valence-corrected chi connectivity index (χ4v) is 1.53. The van der Waals surface area contributed by atoms with Crippen molar-refractivity contribution < 1.29 is 15.0 Å². The van der Waals surface area contributed by atoms with Gasteiger partial charge in [0.05, 0.1) is 0 Å². The maximum absolute atomic E-state index is 10.3. The minimum atomic E-state index is -1.05. The van der Waals surface area contributed by atoms with Gasteiger partial charge in [0, 0.05) is 12.6 Å². The van der Waals surface area contributed by atoms with E-state index in [1.165, 1.54) is 0 Å². The highest BCUT2D eigenvalue weighted by Gasteiger charge is 2.08. The number of aliphatic carboxylic acids is 1. The summed E-state index contributed by atoms with van der Waals surface area (Å²) in [6, 6.07) is 9.74. The second kappa shape index (κ2) is 6.19. The molecule has 15 heavy (non-hydrogen) atoms. The van der Waals surface area contributed by atoms with Gasteiger partial charge in [0.1, 0.15) is 0 Å². The van der Waals surface area contributed by atoms with Crippen molar-refractivity contribution in [3.8, 4) is 0 Å². The molecule has 82 valence electrons. The Bertz CT molecular complexity index is 295. The lowest BCUT2D eigenvalue weighted by atomic mass is 9.96. The van der Waals surface area contributed by atoms with Crippen LogP contribution in [-0.2, 0) is 11.2 Å². The second-order valence-electron chi connectivity index (χ2n) is 3.65. The standard InChI is InChI=1S/C12H16O3/c13-9-11(6-7-12(14)15)8-10-4-2-1-3-5-10/h1-5,11,13H,6-9H2,(H,14,15)/p-1/t11-/m0/s1. The third kappa shape index (κ3) is 4.61. The minimum absolute atomic E-state index is 0.00491. The molecule has 0 spiro atoms.